The number of hydrogen-bond donors (Lipinski definition) is 1. The molecule has 0 bridgehead atoms. The Bertz CT molecular complexity index is 880. The summed E-state index contributed by atoms with van der Waals surface area (Å²) in [7, 11) is 0. The number of amides is 1. The van der Waals surface area contributed by atoms with E-state index in [9.17, 15) is 4.79 Å². The van der Waals surface area contributed by atoms with Crippen LogP contribution in [0, 0.1) is 0 Å². The van der Waals surface area contributed by atoms with Crippen LogP contribution >= 0.6 is 0 Å². The first-order valence-corrected chi connectivity index (χ1v) is 8.48. The molecule has 0 unspecified atom stereocenters. The molecular weight excluding hydrogens is 328 g/mol. The van der Waals surface area contributed by atoms with Gasteiger partial charge in [-0.3, -0.25) is 4.98 Å². The lowest BCUT2D eigenvalue weighted by Gasteiger charge is -2.19. The summed E-state index contributed by atoms with van der Waals surface area (Å²) in [5.74, 6) is 1.35. The zero-order valence-corrected chi connectivity index (χ0v) is 15.2. The van der Waals surface area contributed by atoms with E-state index in [0.717, 1.165) is 16.7 Å². The number of rotatable bonds is 4. The minimum Gasteiger partial charge on any atom is -0.459 e. The van der Waals surface area contributed by atoms with Crippen molar-refractivity contribution in [3.05, 3.63) is 66.7 Å². The van der Waals surface area contributed by atoms with E-state index >= 15 is 0 Å². The minimum atomic E-state index is -0.529. The van der Waals surface area contributed by atoms with Crippen LogP contribution in [0.15, 0.2) is 65.3 Å². The van der Waals surface area contributed by atoms with Crippen molar-refractivity contribution in [2.75, 3.05) is 0 Å². The maximum atomic E-state index is 11.8. The van der Waals surface area contributed by atoms with Crippen LogP contribution in [-0.2, 0) is 11.3 Å². The number of hydrogen-bond acceptors (Lipinski definition) is 4. The van der Waals surface area contributed by atoms with Gasteiger partial charge in [-0.05, 0) is 50.1 Å². The summed E-state index contributed by atoms with van der Waals surface area (Å²) in [6, 6.07) is 15.8. The number of benzene rings is 1. The van der Waals surface area contributed by atoms with Gasteiger partial charge in [0, 0.05) is 18.0 Å². The standard InChI is InChI=1S/C21H22N2O3/c1-21(2,3)26-20(24)23-13-16-9-10-19(25-16)18-14-22-12-11-17(18)15-7-5-4-6-8-15/h4-12,14H,13H2,1-3H3,(H,23,24). The maximum Gasteiger partial charge on any atom is 0.408 e. The fourth-order valence-electron chi connectivity index (χ4n) is 2.55. The Morgan fingerprint density at radius 1 is 1.08 bits per heavy atom. The van der Waals surface area contributed by atoms with E-state index in [-0.39, 0.29) is 6.54 Å². The van der Waals surface area contributed by atoms with E-state index in [2.05, 4.69) is 10.3 Å². The largest absolute Gasteiger partial charge is 0.459 e. The van der Waals surface area contributed by atoms with Gasteiger partial charge in [-0.2, -0.15) is 0 Å². The van der Waals surface area contributed by atoms with Gasteiger partial charge in [-0.1, -0.05) is 30.3 Å². The van der Waals surface area contributed by atoms with Crippen LogP contribution in [0.3, 0.4) is 0 Å². The van der Waals surface area contributed by atoms with Crippen LogP contribution in [0.1, 0.15) is 26.5 Å². The molecule has 1 aromatic carbocycles. The van der Waals surface area contributed by atoms with Crippen molar-refractivity contribution in [3.8, 4) is 22.5 Å². The number of ether oxygens (including phenoxy) is 1. The molecule has 0 aliphatic carbocycles. The van der Waals surface area contributed by atoms with E-state index < -0.39 is 11.7 Å². The second-order valence-corrected chi connectivity index (χ2v) is 6.91. The van der Waals surface area contributed by atoms with Crippen LogP contribution in [-0.4, -0.2) is 16.7 Å². The monoisotopic (exact) mass is 350 g/mol. The normalized spacial score (nSPS) is 11.2. The molecule has 1 N–H and O–H groups in total. The van der Waals surface area contributed by atoms with Gasteiger partial charge in [0.15, 0.2) is 0 Å². The van der Waals surface area contributed by atoms with Gasteiger partial charge in [0.25, 0.3) is 0 Å². The van der Waals surface area contributed by atoms with Crippen molar-refractivity contribution >= 4 is 6.09 Å². The molecule has 0 radical (unpaired) electrons. The highest BCUT2D eigenvalue weighted by Gasteiger charge is 2.16. The molecule has 5 nitrogen and oxygen atoms in total. The maximum absolute atomic E-state index is 11.8. The summed E-state index contributed by atoms with van der Waals surface area (Å²) in [6.45, 7) is 5.73. The van der Waals surface area contributed by atoms with Crippen LogP contribution in [0.4, 0.5) is 4.79 Å². The summed E-state index contributed by atoms with van der Waals surface area (Å²) in [5, 5.41) is 2.70. The first kappa shape index (κ1) is 17.7. The fourth-order valence-corrected chi connectivity index (χ4v) is 2.55. The predicted molar refractivity (Wildman–Crippen MR) is 100 cm³/mol. The summed E-state index contributed by atoms with van der Waals surface area (Å²) >= 11 is 0. The van der Waals surface area contributed by atoms with Gasteiger partial charge in [0.1, 0.15) is 17.1 Å². The molecule has 0 fully saturated rings. The molecule has 1 amide bonds. The van der Waals surface area contributed by atoms with Gasteiger partial charge >= 0.3 is 6.09 Å². The number of pyridine rings is 1. The highest BCUT2D eigenvalue weighted by Crippen LogP contribution is 2.32. The van der Waals surface area contributed by atoms with Crippen LogP contribution in [0.5, 0.6) is 0 Å². The summed E-state index contributed by atoms with van der Waals surface area (Å²) < 4.78 is 11.1. The SMILES string of the molecule is CC(C)(C)OC(=O)NCc1ccc(-c2cnccc2-c2ccccc2)o1. The van der Waals surface area contributed by atoms with Crippen molar-refractivity contribution in [1.29, 1.82) is 0 Å². The molecule has 5 heteroatoms. The molecule has 3 aromatic rings. The van der Waals surface area contributed by atoms with E-state index in [1.807, 2.05) is 69.3 Å². The Balaban J connectivity index is 1.76. The Morgan fingerprint density at radius 2 is 1.85 bits per heavy atom. The molecule has 0 saturated carbocycles. The number of carbonyl (C=O) groups is 1. The lowest BCUT2D eigenvalue weighted by Crippen LogP contribution is -2.32. The Morgan fingerprint density at radius 3 is 2.58 bits per heavy atom. The first-order chi connectivity index (χ1) is 12.4. The fraction of sp³-hybridized carbons (Fsp3) is 0.238. The molecule has 0 aliphatic rings. The van der Waals surface area contributed by atoms with Crippen molar-refractivity contribution in [3.63, 3.8) is 0 Å². The summed E-state index contributed by atoms with van der Waals surface area (Å²) in [6.07, 6.45) is 3.08. The molecule has 26 heavy (non-hydrogen) atoms. The van der Waals surface area contributed by atoms with Crippen molar-refractivity contribution in [1.82, 2.24) is 10.3 Å². The van der Waals surface area contributed by atoms with Gasteiger partial charge in [0.2, 0.25) is 0 Å². The third kappa shape index (κ3) is 4.51. The molecule has 134 valence electrons. The third-order valence-corrected chi connectivity index (χ3v) is 3.64. The Hall–Kier alpha value is -3.08. The van der Waals surface area contributed by atoms with Gasteiger partial charge in [0.05, 0.1) is 6.54 Å². The molecule has 2 heterocycles. The summed E-state index contributed by atoms with van der Waals surface area (Å²) in [5.41, 5.74) is 2.51. The van der Waals surface area contributed by atoms with E-state index in [1.54, 1.807) is 12.4 Å². The van der Waals surface area contributed by atoms with Crippen LogP contribution in [0.25, 0.3) is 22.5 Å². The van der Waals surface area contributed by atoms with Crippen LogP contribution < -0.4 is 5.32 Å². The molecule has 0 atom stereocenters. The topological polar surface area (TPSA) is 64.4 Å². The molecule has 0 spiro atoms. The highest BCUT2D eigenvalue weighted by molar-refractivity contribution is 5.80. The average Bonchev–Trinajstić information content (AvgIpc) is 3.08. The zero-order valence-electron chi connectivity index (χ0n) is 15.2. The lowest BCUT2D eigenvalue weighted by molar-refractivity contribution is 0.0520. The molecule has 3 rings (SSSR count). The van der Waals surface area contributed by atoms with E-state index in [0.29, 0.717) is 11.5 Å². The van der Waals surface area contributed by atoms with Gasteiger partial charge in [-0.15, -0.1) is 0 Å². The number of nitrogens with zero attached hydrogens (tertiary/aromatic N) is 1. The van der Waals surface area contributed by atoms with Crippen LogP contribution in [0.2, 0.25) is 0 Å². The number of carbonyl (C=O) groups excluding carboxylic acids is 1. The van der Waals surface area contributed by atoms with E-state index in [4.69, 9.17) is 9.15 Å². The second kappa shape index (κ2) is 7.44. The lowest BCUT2D eigenvalue weighted by atomic mass is 10.0. The average molecular weight is 350 g/mol. The third-order valence-electron chi connectivity index (χ3n) is 3.64. The number of aromatic nitrogens is 1. The first-order valence-electron chi connectivity index (χ1n) is 8.48. The molecular formula is C21H22N2O3. The molecule has 0 saturated heterocycles. The van der Waals surface area contributed by atoms with Crippen molar-refractivity contribution < 1.29 is 13.9 Å². The van der Waals surface area contributed by atoms with E-state index in [1.165, 1.54) is 0 Å². The van der Waals surface area contributed by atoms with Crippen molar-refractivity contribution in [2.24, 2.45) is 0 Å². The smallest absolute Gasteiger partial charge is 0.408 e. The summed E-state index contributed by atoms with van der Waals surface area (Å²) in [4.78, 5) is 16.0. The predicted octanol–water partition coefficient (Wildman–Crippen LogP) is 5.03. The molecule has 0 aliphatic heterocycles. The number of furan rings is 1. The number of nitrogens with one attached hydrogen (secondary N) is 1. The van der Waals surface area contributed by atoms with Gasteiger partial charge < -0.3 is 14.5 Å². The second-order valence-electron chi connectivity index (χ2n) is 6.91. The molecule has 2 aromatic heterocycles. The Labute approximate surface area is 153 Å². The van der Waals surface area contributed by atoms with Crippen molar-refractivity contribution in [2.45, 2.75) is 32.9 Å². The Kier molecular flexibility index (Phi) is 5.07. The quantitative estimate of drug-likeness (QED) is 0.716. The number of alkyl carbamates (subject to hydrolysis) is 1. The minimum absolute atomic E-state index is 0.260. The zero-order chi connectivity index (χ0) is 18.6. The van der Waals surface area contributed by atoms with Gasteiger partial charge in [-0.25, -0.2) is 4.79 Å². The highest BCUT2D eigenvalue weighted by atomic mass is 16.6.